The molecule has 2 heterocycles. The van der Waals surface area contributed by atoms with Gasteiger partial charge in [0.2, 0.25) is 0 Å². The molecule has 31 heavy (non-hydrogen) atoms. The Labute approximate surface area is 176 Å². The zero-order chi connectivity index (χ0) is 21.8. The van der Waals surface area contributed by atoms with E-state index in [1.807, 2.05) is 0 Å². The van der Waals surface area contributed by atoms with Crippen LogP contribution in [0.2, 0.25) is 0 Å². The van der Waals surface area contributed by atoms with Gasteiger partial charge in [0.25, 0.3) is 17.7 Å². The molecule has 4 rings (SSSR count). The van der Waals surface area contributed by atoms with Gasteiger partial charge >= 0.3 is 5.97 Å². The molecule has 0 fully saturated rings. The lowest BCUT2D eigenvalue weighted by atomic mass is 10.1. The molecule has 1 aliphatic heterocycles. The third-order valence-electron chi connectivity index (χ3n) is 4.54. The van der Waals surface area contributed by atoms with E-state index in [0.29, 0.717) is 11.3 Å². The van der Waals surface area contributed by atoms with Crippen LogP contribution in [0, 0.1) is 0 Å². The number of carbonyl (C=O) groups excluding carboxylic acids is 4. The molecule has 0 saturated carbocycles. The Morgan fingerprint density at radius 2 is 1.55 bits per heavy atom. The molecule has 1 aromatic heterocycles. The summed E-state index contributed by atoms with van der Waals surface area (Å²) >= 11 is 0. The highest BCUT2D eigenvalue weighted by Gasteiger charge is 2.36. The van der Waals surface area contributed by atoms with Crippen molar-refractivity contribution in [1.29, 1.82) is 0 Å². The number of amides is 3. The zero-order valence-corrected chi connectivity index (χ0v) is 16.1. The third-order valence-corrected chi connectivity index (χ3v) is 4.54. The molecule has 0 saturated heterocycles. The number of nitrogens with zero attached hydrogens (tertiary/aromatic N) is 1. The lowest BCUT2D eigenvalue weighted by Gasteiger charge is -2.15. The molecule has 1 N–H and O–H groups in total. The average Bonchev–Trinajstić information content (AvgIpc) is 3.39. The highest BCUT2D eigenvalue weighted by Crippen LogP contribution is 2.22. The van der Waals surface area contributed by atoms with Gasteiger partial charge < -0.3 is 14.5 Å². The third kappa shape index (κ3) is 4.13. The van der Waals surface area contributed by atoms with Gasteiger partial charge in [-0.1, -0.05) is 30.3 Å². The number of hydrogen-bond donors (Lipinski definition) is 1. The first kappa shape index (κ1) is 19.8. The summed E-state index contributed by atoms with van der Waals surface area (Å²) in [5.74, 6) is -2.27. The van der Waals surface area contributed by atoms with Gasteiger partial charge in [0.15, 0.2) is 6.73 Å². The van der Waals surface area contributed by atoms with Gasteiger partial charge in [-0.2, -0.15) is 0 Å². The van der Waals surface area contributed by atoms with E-state index >= 15 is 0 Å². The Kier molecular flexibility index (Phi) is 5.44. The molecule has 8 heteroatoms. The summed E-state index contributed by atoms with van der Waals surface area (Å²) in [5, 5.41) is 2.49. The minimum atomic E-state index is -0.933. The van der Waals surface area contributed by atoms with E-state index in [4.69, 9.17) is 9.15 Å². The van der Waals surface area contributed by atoms with Crippen LogP contribution in [0.25, 0.3) is 6.08 Å². The Morgan fingerprint density at radius 1 is 0.903 bits per heavy atom. The normalized spacial score (nSPS) is 13.2. The predicted octanol–water partition coefficient (Wildman–Crippen LogP) is 2.85. The van der Waals surface area contributed by atoms with Gasteiger partial charge in [-0.15, -0.1) is 0 Å². The standard InChI is InChI=1S/C23H16N2O6/c26-20(15-7-2-1-3-8-15)24-19(13-16-9-6-12-30-16)23(29)31-14-25-21(27)17-10-4-5-11-18(17)22(25)28/h1-13H,14H2,(H,24,26)/b19-13-. The average molecular weight is 416 g/mol. The minimum absolute atomic E-state index is 0.208. The summed E-state index contributed by atoms with van der Waals surface area (Å²) in [6, 6.07) is 17.8. The summed E-state index contributed by atoms with van der Waals surface area (Å²) in [5.41, 5.74) is 0.612. The molecule has 8 nitrogen and oxygen atoms in total. The van der Waals surface area contributed by atoms with Crippen LogP contribution >= 0.6 is 0 Å². The van der Waals surface area contributed by atoms with Gasteiger partial charge in [0, 0.05) is 11.6 Å². The summed E-state index contributed by atoms with van der Waals surface area (Å²) < 4.78 is 10.4. The predicted molar refractivity (Wildman–Crippen MR) is 108 cm³/mol. The molecule has 0 spiro atoms. The number of esters is 1. The number of carbonyl (C=O) groups is 4. The van der Waals surface area contributed by atoms with E-state index in [0.717, 1.165) is 4.90 Å². The highest BCUT2D eigenvalue weighted by atomic mass is 16.5. The second kappa shape index (κ2) is 8.50. The first-order valence-electron chi connectivity index (χ1n) is 9.28. The molecule has 0 unspecified atom stereocenters. The van der Waals surface area contributed by atoms with Crippen molar-refractivity contribution in [3.63, 3.8) is 0 Å². The molecule has 0 radical (unpaired) electrons. The molecule has 3 aromatic rings. The number of benzene rings is 2. The maximum atomic E-state index is 12.7. The summed E-state index contributed by atoms with van der Waals surface area (Å²) in [6.45, 7) is -0.595. The second-order valence-electron chi connectivity index (χ2n) is 6.54. The van der Waals surface area contributed by atoms with Crippen LogP contribution in [0.1, 0.15) is 36.8 Å². The number of fused-ring (bicyclic) bond motifs is 1. The van der Waals surface area contributed by atoms with Crippen LogP contribution in [0.15, 0.2) is 83.1 Å². The van der Waals surface area contributed by atoms with Crippen LogP contribution in [0.4, 0.5) is 0 Å². The molecule has 0 bridgehead atoms. The Morgan fingerprint density at radius 3 is 2.16 bits per heavy atom. The summed E-state index contributed by atoms with van der Waals surface area (Å²) in [4.78, 5) is 50.8. The fraction of sp³-hybridized carbons (Fsp3) is 0.0435. The molecule has 154 valence electrons. The Bertz CT molecular complexity index is 1150. The van der Waals surface area contributed by atoms with Gasteiger partial charge in [-0.05, 0) is 36.4 Å². The molecule has 0 atom stereocenters. The van der Waals surface area contributed by atoms with Crippen molar-refractivity contribution < 1.29 is 28.3 Å². The fourth-order valence-corrected chi connectivity index (χ4v) is 3.00. The van der Waals surface area contributed by atoms with Crippen LogP contribution in [0.5, 0.6) is 0 Å². The zero-order valence-electron chi connectivity index (χ0n) is 16.1. The van der Waals surface area contributed by atoms with Crippen molar-refractivity contribution in [2.24, 2.45) is 0 Å². The van der Waals surface area contributed by atoms with Gasteiger partial charge in [-0.25, -0.2) is 9.69 Å². The number of furan rings is 1. The number of rotatable bonds is 6. The van der Waals surface area contributed by atoms with Crippen LogP contribution in [0.3, 0.4) is 0 Å². The molecule has 2 aromatic carbocycles. The topological polar surface area (TPSA) is 106 Å². The van der Waals surface area contributed by atoms with E-state index in [1.165, 1.54) is 24.5 Å². The van der Waals surface area contributed by atoms with Crippen molar-refractivity contribution in [3.05, 3.63) is 101 Å². The lowest BCUT2D eigenvalue weighted by molar-refractivity contribution is -0.141. The SMILES string of the molecule is O=C(OCN1C(=O)c2ccccc2C1=O)/C(=C/c1ccco1)NC(=O)c1ccccc1. The number of ether oxygens (including phenoxy) is 1. The van der Waals surface area contributed by atoms with E-state index in [2.05, 4.69) is 5.32 Å². The summed E-state index contributed by atoms with van der Waals surface area (Å²) in [6.07, 6.45) is 2.71. The summed E-state index contributed by atoms with van der Waals surface area (Å²) in [7, 11) is 0. The molecular weight excluding hydrogens is 400 g/mol. The van der Waals surface area contributed by atoms with Crippen molar-refractivity contribution in [1.82, 2.24) is 10.2 Å². The Hall–Kier alpha value is -4.46. The quantitative estimate of drug-likeness (QED) is 0.376. The highest BCUT2D eigenvalue weighted by molar-refractivity contribution is 6.21. The van der Waals surface area contributed by atoms with E-state index in [9.17, 15) is 19.2 Å². The molecular formula is C23H16N2O6. The number of hydrogen-bond acceptors (Lipinski definition) is 6. The second-order valence-corrected chi connectivity index (χ2v) is 6.54. The first-order valence-corrected chi connectivity index (χ1v) is 9.28. The van der Waals surface area contributed by atoms with E-state index in [-0.39, 0.29) is 16.8 Å². The van der Waals surface area contributed by atoms with Crippen molar-refractivity contribution in [2.45, 2.75) is 0 Å². The number of nitrogens with one attached hydrogen (secondary N) is 1. The fourth-order valence-electron chi connectivity index (χ4n) is 3.00. The van der Waals surface area contributed by atoms with Crippen molar-refractivity contribution >= 4 is 29.8 Å². The minimum Gasteiger partial charge on any atom is -0.465 e. The molecule has 0 aliphatic carbocycles. The maximum absolute atomic E-state index is 12.7. The largest absolute Gasteiger partial charge is 0.465 e. The monoisotopic (exact) mass is 416 g/mol. The van der Waals surface area contributed by atoms with Crippen LogP contribution in [-0.2, 0) is 9.53 Å². The van der Waals surface area contributed by atoms with E-state index < -0.39 is 30.4 Å². The number of imide groups is 1. The van der Waals surface area contributed by atoms with Crippen molar-refractivity contribution in [3.8, 4) is 0 Å². The van der Waals surface area contributed by atoms with Gasteiger partial charge in [0.05, 0.1) is 17.4 Å². The van der Waals surface area contributed by atoms with Gasteiger partial charge in [0.1, 0.15) is 11.5 Å². The van der Waals surface area contributed by atoms with Gasteiger partial charge in [-0.3, -0.25) is 14.4 Å². The maximum Gasteiger partial charge on any atom is 0.356 e. The smallest absolute Gasteiger partial charge is 0.356 e. The molecule has 3 amide bonds. The van der Waals surface area contributed by atoms with Crippen LogP contribution < -0.4 is 5.32 Å². The van der Waals surface area contributed by atoms with Crippen LogP contribution in [-0.4, -0.2) is 35.3 Å². The first-order chi connectivity index (χ1) is 15.0. The lowest BCUT2D eigenvalue weighted by Crippen LogP contribution is -2.35. The molecule has 1 aliphatic rings. The van der Waals surface area contributed by atoms with E-state index in [1.54, 1.807) is 54.6 Å². The Balaban J connectivity index is 1.50. The van der Waals surface area contributed by atoms with Crippen molar-refractivity contribution in [2.75, 3.05) is 6.73 Å².